The molecule has 0 atom stereocenters. The van der Waals surface area contributed by atoms with Crippen molar-refractivity contribution in [1.82, 2.24) is 9.88 Å². The number of hydrogen-bond acceptors (Lipinski definition) is 4. The van der Waals surface area contributed by atoms with Crippen LogP contribution >= 0.6 is 23.4 Å². The number of aliphatic hydroxyl groups excluding tert-OH is 1. The first kappa shape index (κ1) is 20.3. The molecule has 4 rings (SSSR count). The lowest BCUT2D eigenvalue weighted by Gasteiger charge is -2.20. The first-order valence-corrected chi connectivity index (χ1v) is 10.4. The van der Waals surface area contributed by atoms with Gasteiger partial charge in [-0.15, -0.1) is 0 Å². The van der Waals surface area contributed by atoms with Crippen molar-refractivity contribution >= 4 is 45.9 Å². The van der Waals surface area contributed by atoms with E-state index in [1.165, 1.54) is 11.8 Å². The molecule has 0 saturated heterocycles. The molecule has 1 aromatic heterocycles. The number of carbonyl (C=O) groups excluding carboxylic acids is 1. The number of aromatic nitrogens is 1. The minimum absolute atomic E-state index is 0.0642. The monoisotopic (exact) mass is 436 g/mol. The van der Waals surface area contributed by atoms with Gasteiger partial charge in [-0.05, 0) is 42.2 Å². The second kappa shape index (κ2) is 8.41. The van der Waals surface area contributed by atoms with Crippen molar-refractivity contribution in [2.45, 2.75) is 18.4 Å². The third-order valence-corrected chi connectivity index (χ3v) is 6.00. The predicted octanol–water partition coefficient (Wildman–Crippen LogP) is 3.85. The normalized spacial score (nSPS) is 12.2. The summed E-state index contributed by atoms with van der Waals surface area (Å²) in [4.78, 5) is 26.9. The van der Waals surface area contributed by atoms with Gasteiger partial charge in [0.15, 0.2) is 0 Å². The van der Waals surface area contributed by atoms with Gasteiger partial charge in [0.05, 0.1) is 5.52 Å². The topological polar surface area (TPSA) is 71.3 Å². The maximum absolute atomic E-state index is 13.2. The molecule has 150 valence electrons. The Bertz CT molecular complexity index is 1310. The Labute approximate surface area is 182 Å². The van der Waals surface area contributed by atoms with Crippen LogP contribution in [0.5, 0.6) is 0 Å². The van der Waals surface area contributed by atoms with Gasteiger partial charge in [-0.2, -0.15) is 0 Å². The Morgan fingerprint density at radius 1 is 1.27 bits per heavy atom. The fourth-order valence-electron chi connectivity index (χ4n) is 3.26. The zero-order valence-corrected chi connectivity index (χ0v) is 17.6. The smallest absolute Gasteiger partial charge is 0.257 e. The molecule has 2 aromatic carbocycles. The summed E-state index contributed by atoms with van der Waals surface area (Å²) in [6.45, 7) is 1.94. The number of thioether (sulfide) groups is 1. The largest absolute Gasteiger partial charge is 0.384 e. The minimum atomic E-state index is -0.444. The lowest BCUT2D eigenvalue weighted by atomic mass is 10.1. The van der Waals surface area contributed by atoms with Gasteiger partial charge in [-0.1, -0.05) is 47.3 Å². The molecule has 2 heterocycles. The standard InChI is InChI=1S/C23H17ClN2O3S/c1-14-13-30-20-10-16(3-2-8-27)9-18-21(20)26(14)12-19(22(18)28)23(29)25-11-15-4-6-17(24)7-5-15/h4-7,9-10,12-13,27H,8,11H2,1H3,(H,25,29). The van der Waals surface area contributed by atoms with Crippen LogP contribution in [0.4, 0.5) is 0 Å². The summed E-state index contributed by atoms with van der Waals surface area (Å²) in [6, 6.07) is 10.7. The van der Waals surface area contributed by atoms with Gasteiger partial charge in [-0.25, -0.2) is 0 Å². The molecule has 1 amide bonds. The van der Waals surface area contributed by atoms with Crippen molar-refractivity contribution in [1.29, 1.82) is 0 Å². The number of nitrogens with zero attached hydrogens (tertiary/aromatic N) is 1. The molecule has 2 N–H and O–H groups in total. The van der Waals surface area contributed by atoms with Crippen molar-refractivity contribution in [2.24, 2.45) is 0 Å². The van der Waals surface area contributed by atoms with Gasteiger partial charge in [0.2, 0.25) is 5.43 Å². The first-order chi connectivity index (χ1) is 14.5. The maximum Gasteiger partial charge on any atom is 0.257 e. The van der Waals surface area contributed by atoms with E-state index in [0.29, 0.717) is 16.0 Å². The summed E-state index contributed by atoms with van der Waals surface area (Å²) in [7, 11) is 0. The van der Waals surface area contributed by atoms with Crippen molar-refractivity contribution in [3.05, 3.63) is 79.9 Å². The SMILES string of the molecule is CC1=CSc2cc(C#CCO)cc3c(=O)c(C(=O)NCc4ccc(Cl)cc4)cn1c23. The van der Waals surface area contributed by atoms with E-state index in [1.807, 2.05) is 35.1 Å². The lowest BCUT2D eigenvalue weighted by molar-refractivity contribution is 0.0949. The van der Waals surface area contributed by atoms with Crippen LogP contribution in [0.15, 0.2) is 57.7 Å². The van der Waals surface area contributed by atoms with Crippen molar-refractivity contribution in [3.63, 3.8) is 0 Å². The molecular formula is C23H17ClN2O3S. The van der Waals surface area contributed by atoms with E-state index in [0.717, 1.165) is 21.7 Å². The Balaban J connectivity index is 1.77. The van der Waals surface area contributed by atoms with Crippen LogP contribution in [0.1, 0.15) is 28.4 Å². The van der Waals surface area contributed by atoms with Crippen LogP contribution < -0.4 is 10.7 Å². The molecule has 0 spiro atoms. The summed E-state index contributed by atoms with van der Waals surface area (Å²) >= 11 is 7.40. The van der Waals surface area contributed by atoms with E-state index in [2.05, 4.69) is 17.2 Å². The number of aliphatic hydroxyl groups is 1. The fraction of sp³-hybridized carbons (Fsp3) is 0.130. The molecule has 0 unspecified atom stereocenters. The summed E-state index contributed by atoms with van der Waals surface area (Å²) in [6.07, 6.45) is 1.59. The van der Waals surface area contributed by atoms with Gasteiger partial charge in [-0.3, -0.25) is 9.59 Å². The predicted molar refractivity (Wildman–Crippen MR) is 121 cm³/mol. The summed E-state index contributed by atoms with van der Waals surface area (Å²) in [5.74, 6) is 5.01. The average molecular weight is 437 g/mol. The molecule has 3 aromatic rings. The van der Waals surface area contributed by atoms with Crippen molar-refractivity contribution in [2.75, 3.05) is 6.61 Å². The Hall–Kier alpha value is -2.98. The fourth-order valence-corrected chi connectivity index (χ4v) is 4.31. The van der Waals surface area contributed by atoms with Crippen molar-refractivity contribution in [3.8, 4) is 11.8 Å². The van der Waals surface area contributed by atoms with E-state index in [4.69, 9.17) is 16.7 Å². The second-order valence-corrected chi connectivity index (χ2v) is 8.11. The van der Waals surface area contributed by atoms with Crippen LogP contribution in [0.2, 0.25) is 5.02 Å². The van der Waals surface area contributed by atoms with Crippen molar-refractivity contribution < 1.29 is 9.90 Å². The molecule has 30 heavy (non-hydrogen) atoms. The number of pyridine rings is 1. The quantitative estimate of drug-likeness (QED) is 0.612. The van der Waals surface area contributed by atoms with Crippen LogP contribution in [0, 0.1) is 11.8 Å². The third-order valence-electron chi connectivity index (χ3n) is 4.72. The Morgan fingerprint density at radius 2 is 2.03 bits per heavy atom. The summed E-state index contributed by atoms with van der Waals surface area (Å²) in [5, 5.41) is 14.8. The number of hydrogen-bond donors (Lipinski definition) is 2. The average Bonchev–Trinajstić information content (AvgIpc) is 2.75. The third kappa shape index (κ3) is 3.88. The zero-order valence-electron chi connectivity index (χ0n) is 16.0. The molecule has 0 radical (unpaired) electrons. The molecule has 0 bridgehead atoms. The van der Waals surface area contributed by atoms with Gasteiger partial charge in [0.1, 0.15) is 12.2 Å². The van der Waals surface area contributed by atoms with Crippen LogP contribution in [0.25, 0.3) is 16.6 Å². The highest BCUT2D eigenvalue weighted by atomic mass is 35.5. The van der Waals surface area contributed by atoms with E-state index in [1.54, 1.807) is 24.4 Å². The number of benzene rings is 2. The maximum atomic E-state index is 13.2. The molecule has 0 fully saturated rings. The highest BCUT2D eigenvalue weighted by molar-refractivity contribution is 8.02. The van der Waals surface area contributed by atoms with E-state index in [-0.39, 0.29) is 24.1 Å². The highest BCUT2D eigenvalue weighted by Crippen LogP contribution is 2.35. The number of allylic oxidation sites excluding steroid dienone is 1. The Morgan fingerprint density at radius 3 is 2.77 bits per heavy atom. The van der Waals surface area contributed by atoms with Crippen LogP contribution in [-0.2, 0) is 6.54 Å². The van der Waals surface area contributed by atoms with Gasteiger partial charge in [0.25, 0.3) is 5.91 Å². The second-order valence-electron chi connectivity index (χ2n) is 6.76. The summed E-state index contributed by atoms with van der Waals surface area (Å²) in [5.41, 5.74) is 2.89. The molecule has 7 heteroatoms. The number of carbonyl (C=O) groups is 1. The zero-order chi connectivity index (χ0) is 21.3. The first-order valence-electron chi connectivity index (χ1n) is 9.17. The molecule has 1 aliphatic heterocycles. The van der Waals surface area contributed by atoms with E-state index >= 15 is 0 Å². The van der Waals surface area contributed by atoms with Crippen LogP contribution in [0.3, 0.4) is 0 Å². The minimum Gasteiger partial charge on any atom is -0.384 e. The van der Waals surface area contributed by atoms with E-state index < -0.39 is 5.91 Å². The molecule has 0 saturated carbocycles. The molecule has 1 aliphatic rings. The number of nitrogens with one attached hydrogen (secondary N) is 1. The number of amides is 1. The number of halogens is 1. The lowest BCUT2D eigenvalue weighted by Crippen LogP contribution is -2.29. The highest BCUT2D eigenvalue weighted by Gasteiger charge is 2.21. The van der Waals surface area contributed by atoms with Gasteiger partial charge >= 0.3 is 0 Å². The number of rotatable bonds is 3. The molecule has 0 aliphatic carbocycles. The summed E-state index contributed by atoms with van der Waals surface area (Å²) < 4.78 is 1.86. The van der Waals surface area contributed by atoms with Gasteiger partial charge < -0.3 is 15.0 Å². The molecule has 5 nitrogen and oxygen atoms in total. The van der Waals surface area contributed by atoms with E-state index in [9.17, 15) is 9.59 Å². The van der Waals surface area contributed by atoms with Crippen LogP contribution in [-0.4, -0.2) is 22.2 Å². The Kier molecular flexibility index (Phi) is 5.69. The van der Waals surface area contributed by atoms with Gasteiger partial charge in [0, 0.05) is 39.3 Å². The molecular weight excluding hydrogens is 420 g/mol.